The van der Waals surface area contributed by atoms with Crippen molar-refractivity contribution < 1.29 is 0 Å². The van der Waals surface area contributed by atoms with Crippen LogP contribution in [-0.2, 0) is 5.41 Å². The van der Waals surface area contributed by atoms with E-state index in [2.05, 4.69) is 308 Å². The number of rotatable bonds is 9. The first kappa shape index (κ1) is 44.5. The fraction of sp³-hybridized carbons (Fsp3) is 0.0133. The summed E-state index contributed by atoms with van der Waals surface area (Å²) in [7, 11) is 0. The number of benzene rings is 13. The summed E-state index contributed by atoms with van der Waals surface area (Å²) in [6.45, 7) is 0. The molecule has 13 aromatic carbocycles. The molecule has 0 amide bonds. The second-order valence-electron chi connectivity index (χ2n) is 20.4. The van der Waals surface area contributed by atoms with Crippen LogP contribution in [0.1, 0.15) is 55.6 Å². The molecule has 0 bridgehead atoms. The fourth-order valence-electron chi connectivity index (χ4n) is 12.8. The van der Waals surface area contributed by atoms with Gasteiger partial charge in [0.1, 0.15) is 0 Å². The number of fused-ring (bicyclic) bond motifs is 7. The van der Waals surface area contributed by atoms with Gasteiger partial charge in [-0.2, -0.15) is 0 Å². The molecule has 0 saturated heterocycles. The summed E-state index contributed by atoms with van der Waals surface area (Å²) in [5, 5.41) is 14.0. The fourth-order valence-corrected chi connectivity index (χ4v) is 12.8. The molecule has 0 atom stereocenters. The molecule has 1 heterocycles. The minimum atomic E-state index is -0.577. The van der Waals surface area contributed by atoms with Crippen molar-refractivity contribution in [3.63, 3.8) is 0 Å². The Morgan fingerprint density at radius 3 is 1.55 bits per heavy atom. The summed E-state index contributed by atoms with van der Waals surface area (Å²) in [5.41, 5.74) is 19.6. The quantitative estimate of drug-likeness (QED) is 0.0881. The van der Waals surface area contributed by atoms with E-state index in [0.717, 1.165) is 22.5 Å². The molecule has 13 aromatic rings. The Morgan fingerprint density at radius 1 is 0.325 bits per heavy atom. The molecule has 0 fully saturated rings. The SMILES string of the molecule is C(=Cc1ccccc1Nc1ccc2c(c1)C(c1ccccc1)(c1ccccc1)c1cc(C=Cc3ccc4c5cccc6c(N7c8ccccc8C=Cc8ccccc87)ccc(c7cccc3c47)c65)ccc1-2)c1ccccc1. The molecular weight excluding hydrogens is 929 g/mol. The maximum absolute atomic E-state index is 3.86. The lowest BCUT2D eigenvalue weighted by Gasteiger charge is -2.34. The summed E-state index contributed by atoms with van der Waals surface area (Å²) >= 11 is 0. The molecule has 2 heteroatoms. The minimum absolute atomic E-state index is 0.577. The molecule has 0 unspecified atom stereocenters. The Kier molecular flexibility index (Phi) is 10.5. The highest BCUT2D eigenvalue weighted by atomic mass is 15.1. The first-order chi connectivity index (χ1) is 38.2. The molecule has 15 rings (SSSR count). The molecule has 360 valence electrons. The van der Waals surface area contributed by atoms with Crippen LogP contribution in [-0.4, -0.2) is 0 Å². The zero-order valence-electron chi connectivity index (χ0n) is 42.2. The number of para-hydroxylation sites is 3. The lowest BCUT2D eigenvalue weighted by atomic mass is 9.67. The molecular formula is C75H50N2. The van der Waals surface area contributed by atoms with E-state index < -0.39 is 5.41 Å². The molecule has 0 radical (unpaired) electrons. The van der Waals surface area contributed by atoms with Crippen molar-refractivity contribution >= 4 is 108 Å². The van der Waals surface area contributed by atoms with E-state index in [-0.39, 0.29) is 0 Å². The highest BCUT2D eigenvalue weighted by molar-refractivity contribution is 6.35. The molecule has 1 N–H and O–H groups in total. The third-order valence-electron chi connectivity index (χ3n) is 16.2. The van der Waals surface area contributed by atoms with Gasteiger partial charge in [0.15, 0.2) is 0 Å². The standard InChI is InChI=1S/C75H50N2/c1-4-18-50(19-5-1)34-38-53-20-10-13-31-69(53)76-58-42-45-61-60-43-36-51(48-67(60)75(68(61)49-58,56-23-6-2-7-24-56)57-25-8-3-9-26-57)35-37-52-41-44-64-63-29-17-30-66-72(47-46-65(74(63)66)62-28-16-27-59(52)73(62)64)77-70-32-14-11-21-54(70)39-40-55-22-12-15-33-71(55)77/h1-49,76H. The van der Waals surface area contributed by atoms with Crippen LogP contribution in [0.3, 0.4) is 0 Å². The van der Waals surface area contributed by atoms with Crippen molar-refractivity contribution in [1.82, 2.24) is 0 Å². The van der Waals surface area contributed by atoms with Gasteiger partial charge in [-0.1, -0.05) is 255 Å². The third kappa shape index (κ3) is 7.18. The third-order valence-corrected chi connectivity index (χ3v) is 16.2. The highest BCUT2D eigenvalue weighted by Gasteiger charge is 2.46. The average molecular weight is 979 g/mol. The smallest absolute Gasteiger partial charge is 0.0714 e. The molecule has 0 spiro atoms. The summed E-state index contributed by atoms with van der Waals surface area (Å²) < 4.78 is 0. The zero-order valence-corrected chi connectivity index (χ0v) is 42.2. The number of nitrogens with zero attached hydrogens (tertiary/aromatic N) is 1. The van der Waals surface area contributed by atoms with Gasteiger partial charge in [-0.05, 0) is 147 Å². The summed E-state index contributed by atoms with van der Waals surface area (Å²) in [4.78, 5) is 2.46. The van der Waals surface area contributed by atoms with Crippen LogP contribution in [0, 0.1) is 0 Å². The Balaban J connectivity index is 0.841. The highest BCUT2D eigenvalue weighted by Crippen LogP contribution is 2.57. The van der Waals surface area contributed by atoms with Gasteiger partial charge in [0.05, 0.1) is 22.5 Å². The van der Waals surface area contributed by atoms with Crippen LogP contribution in [0.15, 0.2) is 261 Å². The van der Waals surface area contributed by atoms with Crippen molar-refractivity contribution in [2.45, 2.75) is 5.41 Å². The number of hydrogen-bond donors (Lipinski definition) is 1. The van der Waals surface area contributed by atoms with E-state index in [4.69, 9.17) is 0 Å². The molecule has 77 heavy (non-hydrogen) atoms. The lowest BCUT2D eigenvalue weighted by molar-refractivity contribution is 0.768. The van der Waals surface area contributed by atoms with Gasteiger partial charge < -0.3 is 10.2 Å². The van der Waals surface area contributed by atoms with Crippen LogP contribution < -0.4 is 10.2 Å². The van der Waals surface area contributed by atoms with E-state index >= 15 is 0 Å². The molecule has 1 aliphatic heterocycles. The Bertz CT molecular complexity index is 4420. The van der Waals surface area contributed by atoms with Crippen molar-refractivity contribution in [2.75, 3.05) is 10.2 Å². The van der Waals surface area contributed by atoms with Crippen LogP contribution in [0.4, 0.5) is 28.4 Å². The number of anilines is 5. The van der Waals surface area contributed by atoms with E-state index in [1.807, 2.05) is 0 Å². The van der Waals surface area contributed by atoms with Gasteiger partial charge in [0.2, 0.25) is 0 Å². The van der Waals surface area contributed by atoms with Crippen molar-refractivity contribution in [3.05, 3.63) is 316 Å². The van der Waals surface area contributed by atoms with Crippen LogP contribution in [0.5, 0.6) is 0 Å². The molecule has 0 aromatic heterocycles. The van der Waals surface area contributed by atoms with Gasteiger partial charge in [-0.25, -0.2) is 0 Å². The van der Waals surface area contributed by atoms with E-state index in [0.29, 0.717) is 0 Å². The Hall–Kier alpha value is -10.0. The maximum Gasteiger partial charge on any atom is 0.0714 e. The normalized spacial score (nSPS) is 13.4. The van der Waals surface area contributed by atoms with Crippen molar-refractivity contribution in [3.8, 4) is 11.1 Å². The zero-order chi connectivity index (χ0) is 50.9. The van der Waals surface area contributed by atoms with E-state index in [1.54, 1.807) is 0 Å². The molecule has 1 aliphatic carbocycles. The van der Waals surface area contributed by atoms with Gasteiger partial charge in [0, 0.05) is 16.8 Å². The van der Waals surface area contributed by atoms with Gasteiger partial charge in [-0.15, -0.1) is 0 Å². The second-order valence-corrected chi connectivity index (χ2v) is 20.4. The van der Waals surface area contributed by atoms with Gasteiger partial charge in [-0.3, -0.25) is 0 Å². The second kappa shape index (κ2) is 18.1. The topological polar surface area (TPSA) is 15.3 Å². The minimum Gasteiger partial charge on any atom is -0.355 e. The summed E-state index contributed by atoms with van der Waals surface area (Å²) in [6, 6.07) is 95.8. The Labute approximate surface area is 448 Å². The average Bonchev–Trinajstić information content (AvgIpc) is 3.84. The molecule has 2 aliphatic rings. The largest absolute Gasteiger partial charge is 0.355 e. The van der Waals surface area contributed by atoms with Gasteiger partial charge >= 0.3 is 0 Å². The number of hydrogen-bond acceptors (Lipinski definition) is 2. The van der Waals surface area contributed by atoms with Crippen LogP contribution in [0.2, 0.25) is 0 Å². The first-order valence-corrected chi connectivity index (χ1v) is 26.7. The van der Waals surface area contributed by atoms with E-state index in [9.17, 15) is 0 Å². The monoisotopic (exact) mass is 978 g/mol. The number of nitrogens with one attached hydrogen (secondary N) is 1. The molecule has 2 nitrogen and oxygen atoms in total. The summed E-state index contributed by atoms with van der Waals surface area (Å²) in [5.74, 6) is 0. The lowest BCUT2D eigenvalue weighted by Crippen LogP contribution is -2.28. The van der Waals surface area contributed by atoms with Crippen LogP contribution >= 0.6 is 0 Å². The van der Waals surface area contributed by atoms with Crippen molar-refractivity contribution in [2.24, 2.45) is 0 Å². The van der Waals surface area contributed by atoms with Gasteiger partial charge in [0.25, 0.3) is 0 Å². The van der Waals surface area contributed by atoms with Crippen LogP contribution in [0.25, 0.3) is 90.7 Å². The molecule has 0 saturated carbocycles. The predicted octanol–water partition coefficient (Wildman–Crippen LogP) is 20.1. The first-order valence-electron chi connectivity index (χ1n) is 26.7. The van der Waals surface area contributed by atoms with E-state index in [1.165, 1.54) is 116 Å². The Morgan fingerprint density at radius 2 is 0.844 bits per heavy atom. The summed E-state index contributed by atoms with van der Waals surface area (Å²) in [6.07, 6.45) is 13.5. The maximum atomic E-state index is 3.86. The van der Waals surface area contributed by atoms with Crippen molar-refractivity contribution in [1.29, 1.82) is 0 Å². The predicted molar refractivity (Wildman–Crippen MR) is 329 cm³/mol.